The van der Waals surface area contributed by atoms with Crippen molar-refractivity contribution in [3.63, 3.8) is 0 Å². The summed E-state index contributed by atoms with van der Waals surface area (Å²) in [6.07, 6.45) is 4.58. The largest absolute Gasteiger partial charge is 0.370 e. The van der Waals surface area contributed by atoms with E-state index < -0.39 is 5.66 Å². The van der Waals surface area contributed by atoms with Gasteiger partial charge in [0, 0.05) is 25.6 Å². The van der Waals surface area contributed by atoms with Crippen LogP contribution in [0.1, 0.15) is 24.0 Å². The Balaban J connectivity index is 1.44. The monoisotopic (exact) mass is 338 g/mol. The fourth-order valence-electron chi connectivity index (χ4n) is 5.01. The van der Waals surface area contributed by atoms with E-state index in [1.807, 2.05) is 0 Å². The van der Waals surface area contributed by atoms with Gasteiger partial charge < -0.3 is 26.6 Å². The number of guanidine groups is 1. The molecule has 6 nitrogen and oxygen atoms in total. The van der Waals surface area contributed by atoms with Crippen LogP contribution in [-0.4, -0.2) is 41.1 Å². The zero-order chi connectivity index (χ0) is 17.0. The average molecular weight is 338 g/mol. The zero-order valence-electron chi connectivity index (χ0n) is 14.5. The van der Waals surface area contributed by atoms with E-state index in [2.05, 4.69) is 50.5 Å². The van der Waals surface area contributed by atoms with E-state index in [1.165, 1.54) is 37.1 Å². The van der Waals surface area contributed by atoms with Crippen molar-refractivity contribution in [2.45, 2.75) is 31.6 Å². The maximum atomic E-state index is 6.84. The molecule has 0 aliphatic carbocycles. The number of piperidine rings is 3. The second kappa shape index (κ2) is 5.47. The molecule has 0 aromatic heterocycles. The summed E-state index contributed by atoms with van der Waals surface area (Å²) in [7, 11) is 0. The van der Waals surface area contributed by atoms with Crippen LogP contribution in [0.3, 0.4) is 0 Å². The van der Waals surface area contributed by atoms with Gasteiger partial charge in [-0.1, -0.05) is 24.3 Å². The number of rotatable bonds is 2. The van der Waals surface area contributed by atoms with Crippen LogP contribution in [0, 0.1) is 11.8 Å². The van der Waals surface area contributed by atoms with Gasteiger partial charge in [0.25, 0.3) is 0 Å². The van der Waals surface area contributed by atoms with Crippen LogP contribution in [-0.2, 0) is 13.1 Å². The maximum Gasteiger partial charge on any atom is 0.196 e. The summed E-state index contributed by atoms with van der Waals surface area (Å²) in [5.41, 5.74) is 15.0. The lowest BCUT2D eigenvalue weighted by Crippen LogP contribution is -2.61. The first-order valence-corrected chi connectivity index (χ1v) is 9.29. The number of benzene rings is 1. The lowest BCUT2D eigenvalue weighted by atomic mass is 9.72. The zero-order valence-corrected chi connectivity index (χ0v) is 14.5. The van der Waals surface area contributed by atoms with Crippen molar-refractivity contribution in [1.82, 2.24) is 15.1 Å². The van der Waals surface area contributed by atoms with Crippen LogP contribution in [0.5, 0.6) is 0 Å². The molecule has 2 unspecified atom stereocenters. The van der Waals surface area contributed by atoms with Crippen LogP contribution in [0.25, 0.3) is 0 Å². The first-order valence-electron chi connectivity index (χ1n) is 9.29. The molecular formula is C19H26N6. The van der Waals surface area contributed by atoms with Crippen molar-refractivity contribution < 1.29 is 0 Å². The molecule has 3 saturated heterocycles. The Labute approximate surface area is 148 Å². The van der Waals surface area contributed by atoms with Gasteiger partial charge in [-0.25, -0.2) is 4.99 Å². The summed E-state index contributed by atoms with van der Waals surface area (Å²) >= 11 is 0. The van der Waals surface area contributed by atoms with E-state index in [4.69, 9.17) is 11.5 Å². The van der Waals surface area contributed by atoms with E-state index in [0.717, 1.165) is 25.5 Å². The van der Waals surface area contributed by atoms with Crippen LogP contribution in [0.4, 0.5) is 0 Å². The number of hydrogen-bond acceptors (Lipinski definition) is 6. The maximum absolute atomic E-state index is 6.84. The normalized spacial score (nSPS) is 36.5. The quantitative estimate of drug-likeness (QED) is 0.741. The number of nitrogens with zero attached hydrogens (tertiary/aromatic N) is 3. The molecule has 0 amide bonds. The number of fused-ring (bicyclic) bond motifs is 4. The molecule has 0 saturated carbocycles. The van der Waals surface area contributed by atoms with Crippen LogP contribution in [0.15, 0.2) is 41.2 Å². The minimum absolute atomic E-state index is 0.343. The molecule has 132 valence electrons. The molecule has 6 rings (SSSR count). The van der Waals surface area contributed by atoms with Gasteiger partial charge in [-0.3, -0.25) is 0 Å². The standard InChI is InChI=1S/C19H26N6/c20-18-22-17(25-10-14-3-1-2-4-15(14)11-25)9-19(21,23-18)16-12-24-7-5-13(16)6-8-24/h1-4,9,13,16H,5-8,10-12,21H2,(H3,20,22,23). The molecular weight excluding hydrogens is 312 g/mol. The van der Waals surface area contributed by atoms with Gasteiger partial charge >= 0.3 is 0 Å². The van der Waals surface area contributed by atoms with Crippen LogP contribution in [0.2, 0.25) is 0 Å². The minimum atomic E-state index is -0.705. The third-order valence-electron chi connectivity index (χ3n) is 6.37. The van der Waals surface area contributed by atoms with Crippen molar-refractivity contribution in [2.24, 2.45) is 28.3 Å². The molecule has 0 spiro atoms. The van der Waals surface area contributed by atoms with E-state index in [0.29, 0.717) is 17.8 Å². The molecule has 6 heteroatoms. The molecule has 5 heterocycles. The summed E-state index contributed by atoms with van der Waals surface area (Å²) in [5, 5.41) is 3.25. The molecule has 1 aromatic carbocycles. The van der Waals surface area contributed by atoms with E-state index >= 15 is 0 Å². The van der Waals surface area contributed by atoms with E-state index in [9.17, 15) is 0 Å². The molecule has 5 N–H and O–H groups in total. The highest BCUT2D eigenvalue weighted by molar-refractivity contribution is 5.81. The Hall–Kier alpha value is -2.05. The third kappa shape index (κ3) is 2.51. The molecule has 5 aliphatic rings. The predicted molar refractivity (Wildman–Crippen MR) is 98.1 cm³/mol. The van der Waals surface area contributed by atoms with Gasteiger partial charge in [0.2, 0.25) is 0 Å². The van der Waals surface area contributed by atoms with Crippen molar-refractivity contribution in [1.29, 1.82) is 0 Å². The lowest BCUT2D eigenvalue weighted by Gasteiger charge is -2.50. The Morgan fingerprint density at radius 3 is 2.40 bits per heavy atom. The first-order chi connectivity index (χ1) is 12.1. The lowest BCUT2D eigenvalue weighted by molar-refractivity contribution is 0.0213. The average Bonchev–Trinajstić information content (AvgIpc) is 3.06. The van der Waals surface area contributed by atoms with Gasteiger partial charge in [0.15, 0.2) is 5.96 Å². The van der Waals surface area contributed by atoms with Crippen molar-refractivity contribution in [3.05, 3.63) is 47.3 Å². The number of aliphatic imine (C=N–C) groups is 1. The highest BCUT2D eigenvalue weighted by Gasteiger charge is 2.46. The summed E-state index contributed by atoms with van der Waals surface area (Å²) in [6.45, 7) is 5.21. The van der Waals surface area contributed by atoms with Crippen molar-refractivity contribution in [2.75, 3.05) is 19.6 Å². The first kappa shape index (κ1) is 15.2. The van der Waals surface area contributed by atoms with Crippen molar-refractivity contribution >= 4 is 5.96 Å². The molecule has 2 atom stereocenters. The molecule has 1 aromatic rings. The topological polar surface area (TPSA) is 82.9 Å². The van der Waals surface area contributed by atoms with Gasteiger partial charge in [-0.05, 0) is 49.1 Å². The Morgan fingerprint density at radius 1 is 1.12 bits per heavy atom. The Morgan fingerprint density at radius 2 is 1.80 bits per heavy atom. The minimum Gasteiger partial charge on any atom is -0.370 e. The fraction of sp³-hybridized carbons (Fsp3) is 0.526. The molecule has 25 heavy (non-hydrogen) atoms. The SMILES string of the molecule is NC1=NC(N)(C2CN3CCC2CC3)C=C(N2Cc3ccccc3C2)N1. The van der Waals surface area contributed by atoms with Gasteiger partial charge in [0.1, 0.15) is 11.5 Å². The summed E-state index contributed by atoms with van der Waals surface area (Å²) < 4.78 is 0. The molecule has 5 aliphatic heterocycles. The Kier molecular flexibility index (Phi) is 3.33. The summed E-state index contributed by atoms with van der Waals surface area (Å²) in [4.78, 5) is 9.49. The highest BCUT2D eigenvalue weighted by atomic mass is 15.3. The number of hydrogen-bond donors (Lipinski definition) is 3. The predicted octanol–water partition coefficient (Wildman–Crippen LogP) is 0.758. The van der Waals surface area contributed by atoms with Crippen LogP contribution < -0.4 is 16.8 Å². The Bertz CT molecular complexity index is 723. The fourth-order valence-corrected chi connectivity index (χ4v) is 5.01. The molecule has 3 fully saturated rings. The van der Waals surface area contributed by atoms with E-state index in [-0.39, 0.29) is 0 Å². The molecule has 0 radical (unpaired) electrons. The van der Waals surface area contributed by atoms with Crippen LogP contribution >= 0.6 is 0 Å². The number of nitrogens with one attached hydrogen (secondary N) is 1. The second-order valence-corrected chi connectivity index (χ2v) is 7.91. The van der Waals surface area contributed by atoms with Gasteiger partial charge in [-0.2, -0.15) is 0 Å². The number of nitrogens with two attached hydrogens (primary N) is 2. The van der Waals surface area contributed by atoms with E-state index in [1.54, 1.807) is 0 Å². The van der Waals surface area contributed by atoms with Crippen molar-refractivity contribution in [3.8, 4) is 0 Å². The third-order valence-corrected chi connectivity index (χ3v) is 6.37. The second-order valence-electron chi connectivity index (χ2n) is 7.91. The summed E-state index contributed by atoms with van der Waals surface area (Å²) in [5.74, 6) is 2.43. The molecule has 2 bridgehead atoms. The highest BCUT2D eigenvalue weighted by Crippen LogP contribution is 2.40. The van der Waals surface area contributed by atoms with Gasteiger partial charge in [-0.15, -0.1) is 0 Å². The summed E-state index contributed by atoms with van der Waals surface area (Å²) in [6, 6.07) is 8.58. The van der Waals surface area contributed by atoms with Gasteiger partial charge in [0.05, 0.1) is 0 Å². The smallest absolute Gasteiger partial charge is 0.196 e.